The lowest BCUT2D eigenvalue weighted by Crippen LogP contribution is -2.33. The van der Waals surface area contributed by atoms with Crippen molar-refractivity contribution in [2.45, 2.75) is 12.3 Å². The number of nitrogens with zero attached hydrogens (tertiary/aromatic N) is 1. The number of hydrogen-bond donors (Lipinski definition) is 0. The molecule has 5 nitrogen and oxygen atoms in total. The van der Waals surface area contributed by atoms with Crippen LogP contribution in [0.3, 0.4) is 0 Å². The van der Waals surface area contributed by atoms with E-state index < -0.39 is 23.7 Å². The maximum Gasteiger partial charge on any atom is 0.336 e. The van der Waals surface area contributed by atoms with Crippen LogP contribution >= 0.6 is 46.4 Å². The first kappa shape index (κ1) is 18.6. The molecule has 1 heterocycles. The standard InChI is InChI=1S/C18H9Cl4NO4/c19-12-10-11(13(20)15(22)14(12)21)17(25)23(16(10)24)27-18(26)9-6-8(9)7-4-2-1-3-5-7/h1-5,8-9H,6H2/t8-,9+/m0/s1. The van der Waals surface area contributed by atoms with E-state index >= 15 is 0 Å². The molecule has 138 valence electrons. The molecule has 1 fully saturated rings. The number of carbonyl (C=O) groups is 3. The van der Waals surface area contributed by atoms with E-state index in [1.54, 1.807) is 0 Å². The van der Waals surface area contributed by atoms with E-state index in [2.05, 4.69) is 0 Å². The van der Waals surface area contributed by atoms with Crippen molar-refractivity contribution in [1.82, 2.24) is 5.06 Å². The molecule has 2 aromatic carbocycles. The fraction of sp³-hybridized carbons (Fsp3) is 0.167. The number of amides is 2. The SMILES string of the molecule is O=C(ON1C(=O)c2c(Cl)c(Cl)c(Cl)c(Cl)c2C1=O)[C@@H]1C[C@H]1c1ccccc1. The van der Waals surface area contributed by atoms with Crippen LogP contribution in [-0.2, 0) is 9.63 Å². The van der Waals surface area contributed by atoms with Gasteiger partial charge >= 0.3 is 5.97 Å². The van der Waals surface area contributed by atoms with E-state index in [-0.39, 0.29) is 37.1 Å². The third kappa shape index (κ3) is 2.90. The predicted molar refractivity (Wildman–Crippen MR) is 100 cm³/mol. The molecule has 0 saturated heterocycles. The van der Waals surface area contributed by atoms with Crippen LogP contribution < -0.4 is 0 Å². The lowest BCUT2D eigenvalue weighted by Gasteiger charge is -2.12. The van der Waals surface area contributed by atoms with E-state index in [9.17, 15) is 14.4 Å². The number of carbonyl (C=O) groups excluding carboxylic acids is 3. The molecule has 2 atom stereocenters. The van der Waals surface area contributed by atoms with Crippen molar-refractivity contribution in [1.29, 1.82) is 0 Å². The van der Waals surface area contributed by atoms with Crippen LogP contribution in [0.5, 0.6) is 0 Å². The minimum absolute atomic E-state index is 0.00931. The average Bonchev–Trinajstić information content (AvgIpc) is 3.43. The highest BCUT2D eigenvalue weighted by Gasteiger charge is 2.49. The average molecular weight is 445 g/mol. The van der Waals surface area contributed by atoms with Gasteiger partial charge in [0.1, 0.15) is 0 Å². The van der Waals surface area contributed by atoms with Crippen molar-refractivity contribution in [3.63, 3.8) is 0 Å². The molecule has 1 aliphatic carbocycles. The van der Waals surface area contributed by atoms with Gasteiger partial charge in [-0.25, -0.2) is 4.79 Å². The molecule has 0 spiro atoms. The molecule has 2 aromatic rings. The van der Waals surface area contributed by atoms with Gasteiger partial charge in [-0.2, -0.15) is 0 Å². The van der Waals surface area contributed by atoms with Crippen molar-refractivity contribution < 1.29 is 19.2 Å². The van der Waals surface area contributed by atoms with E-state index in [0.717, 1.165) is 5.56 Å². The summed E-state index contributed by atoms with van der Waals surface area (Å²) in [6.07, 6.45) is 0.575. The third-order valence-electron chi connectivity index (χ3n) is 4.57. The molecular weight excluding hydrogens is 436 g/mol. The van der Waals surface area contributed by atoms with E-state index in [4.69, 9.17) is 51.2 Å². The van der Waals surface area contributed by atoms with Gasteiger partial charge in [0.25, 0.3) is 11.8 Å². The summed E-state index contributed by atoms with van der Waals surface area (Å²) >= 11 is 24.0. The molecule has 0 N–H and O–H groups in total. The van der Waals surface area contributed by atoms with Gasteiger partial charge in [0.05, 0.1) is 37.1 Å². The highest BCUT2D eigenvalue weighted by molar-refractivity contribution is 6.55. The zero-order chi connectivity index (χ0) is 19.5. The van der Waals surface area contributed by atoms with Crippen molar-refractivity contribution in [3.8, 4) is 0 Å². The first-order valence-electron chi connectivity index (χ1n) is 7.84. The molecule has 0 radical (unpaired) electrons. The quantitative estimate of drug-likeness (QED) is 0.372. The summed E-state index contributed by atoms with van der Waals surface area (Å²) in [5.74, 6) is -2.95. The van der Waals surface area contributed by atoms with Crippen molar-refractivity contribution in [2.24, 2.45) is 5.92 Å². The smallest absolute Gasteiger partial charge is 0.329 e. The number of hydrogen-bond acceptors (Lipinski definition) is 4. The minimum atomic E-state index is -0.911. The Morgan fingerprint density at radius 3 is 1.93 bits per heavy atom. The maximum absolute atomic E-state index is 12.6. The van der Waals surface area contributed by atoms with Crippen LogP contribution in [0.2, 0.25) is 20.1 Å². The monoisotopic (exact) mass is 443 g/mol. The fourth-order valence-electron chi connectivity index (χ4n) is 3.09. The molecule has 2 amide bonds. The number of benzene rings is 2. The highest BCUT2D eigenvalue weighted by atomic mass is 35.5. The summed E-state index contributed by atoms with van der Waals surface area (Å²) < 4.78 is 0. The summed E-state index contributed by atoms with van der Waals surface area (Å²) in [4.78, 5) is 42.6. The van der Waals surface area contributed by atoms with Crippen LogP contribution in [0.4, 0.5) is 0 Å². The highest BCUT2D eigenvalue weighted by Crippen LogP contribution is 2.49. The molecule has 0 unspecified atom stereocenters. The van der Waals surface area contributed by atoms with Crippen LogP contribution in [0, 0.1) is 5.92 Å². The fourth-order valence-corrected chi connectivity index (χ4v) is 4.11. The largest absolute Gasteiger partial charge is 0.336 e. The van der Waals surface area contributed by atoms with Crippen LogP contribution in [0.15, 0.2) is 30.3 Å². The van der Waals surface area contributed by atoms with E-state index in [1.165, 1.54) is 0 Å². The van der Waals surface area contributed by atoms with Gasteiger partial charge in [0.15, 0.2) is 0 Å². The lowest BCUT2D eigenvalue weighted by atomic mass is 10.1. The van der Waals surface area contributed by atoms with Crippen molar-refractivity contribution in [2.75, 3.05) is 0 Å². The molecule has 0 bridgehead atoms. The zero-order valence-corrected chi connectivity index (χ0v) is 16.4. The van der Waals surface area contributed by atoms with E-state index in [0.29, 0.717) is 11.5 Å². The Hall–Kier alpha value is -1.79. The first-order valence-corrected chi connectivity index (χ1v) is 9.35. The molecule has 1 saturated carbocycles. The Labute approximate surface area is 173 Å². The number of halogens is 4. The number of fused-ring (bicyclic) bond motifs is 1. The predicted octanol–water partition coefficient (Wildman–Crippen LogP) is 5.16. The van der Waals surface area contributed by atoms with Gasteiger partial charge in [-0.1, -0.05) is 81.8 Å². The summed E-state index contributed by atoms with van der Waals surface area (Å²) in [6.45, 7) is 0. The third-order valence-corrected chi connectivity index (χ3v) is 6.37. The lowest BCUT2D eigenvalue weighted by molar-refractivity contribution is -0.170. The number of imide groups is 1. The maximum atomic E-state index is 12.6. The van der Waals surface area contributed by atoms with Gasteiger partial charge in [-0.3, -0.25) is 9.59 Å². The summed E-state index contributed by atoms with van der Waals surface area (Å²) in [6, 6.07) is 9.43. The van der Waals surface area contributed by atoms with E-state index in [1.807, 2.05) is 30.3 Å². The number of rotatable bonds is 3. The second kappa shape index (κ2) is 6.67. The summed E-state index contributed by atoms with van der Waals surface area (Å²) in [5.41, 5.74) is 0.528. The van der Waals surface area contributed by atoms with Gasteiger partial charge in [0.2, 0.25) is 0 Å². The van der Waals surface area contributed by atoms with Crippen LogP contribution in [-0.4, -0.2) is 22.8 Å². The normalized spacial score (nSPS) is 20.7. The van der Waals surface area contributed by atoms with Gasteiger partial charge in [-0.15, -0.1) is 0 Å². The Kier molecular flexibility index (Phi) is 4.59. The summed E-state index contributed by atoms with van der Waals surface area (Å²) in [5, 5.41) is -0.374. The zero-order valence-electron chi connectivity index (χ0n) is 13.3. The van der Waals surface area contributed by atoms with Crippen molar-refractivity contribution >= 4 is 64.2 Å². The Morgan fingerprint density at radius 2 is 1.41 bits per heavy atom. The Bertz CT molecular complexity index is 961. The Morgan fingerprint density at radius 1 is 0.889 bits per heavy atom. The van der Waals surface area contributed by atoms with Gasteiger partial charge in [0, 0.05) is 0 Å². The molecule has 4 rings (SSSR count). The number of hydroxylamine groups is 2. The van der Waals surface area contributed by atoms with Gasteiger partial charge in [-0.05, 0) is 17.9 Å². The molecule has 2 aliphatic rings. The van der Waals surface area contributed by atoms with Crippen molar-refractivity contribution in [3.05, 3.63) is 67.1 Å². The second-order valence-corrected chi connectivity index (χ2v) is 7.69. The molecular formula is C18H9Cl4NO4. The molecule has 1 aliphatic heterocycles. The molecule has 27 heavy (non-hydrogen) atoms. The summed E-state index contributed by atoms with van der Waals surface area (Å²) in [7, 11) is 0. The van der Waals surface area contributed by atoms with Gasteiger partial charge < -0.3 is 4.84 Å². The Balaban J connectivity index is 1.57. The molecule has 0 aromatic heterocycles. The first-order chi connectivity index (χ1) is 12.8. The second-order valence-electron chi connectivity index (χ2n) is 6.18. The minimum Gasteiger partial charge on any atom is -0.329 e. The topological polar surface area (TPSA) is 63.7 Å². The van der Waals surface area contributed by atoms with Crippen LogP contribution in [0.1, 0.15) is 38.6 Å². The van der Waals surface area contributed by atoms with Crippen LogP contribution in [0.25, 0.3) is 0 Å². The molecule has 9 heteroatoms.